The van der Waals surface area contributed by atoms with Crippen molar-refractivity contribution in [1.82, 2.24) is 4.98 Å². The molecule has 0 aliphatic rings. The van der Waals surface area contributed by atoms with E-state index >= 15 is 0 Å². The van der Waals surface area contributed by atoms with Crippen LogP contribution in [0.4, 0.5) is 5.82 Å². The van der Waals surface area contributed by atoms with Gasteiger partial charge in [-0.2, -0.15) is 0 Å². The number of nitro groups is 1. The van der Waals surface area contributed by atoms with E-state index in [-0.39, 0.29) is 31.1 Å². The van der Waals surface area contributed by atoms with Gasteiger partial charge in [0, 0.05) is 12.8 Å². The highest BCUT2D eigenvalue weighted by molar-refractivity contribution is 5.48. The van der Waals surface area contributed by atoms with E-state index in [9.17, 15) is 15.2 Å². The summed E-state index contributed by atoms with van der Waals surface area (Å²) in [5.74, 6) is -0.372. The molecule has 0 saturated heterocycles. The molecular weight excluding hydrogens is 202 g/mol. The number of aliphatic hydroxyl groups excluding tert-OH is 1. The Labute approximate surface area is 85.7 Å². The van der Waals surface area contributed by atoms with Gasteiger partial charge in [-0.15, -0.1) is 0 Å². The Balaban J connectivity index is 2.89. The van der Waals surface area contributed by atoms with Gasteiger partial charge in [0.15, 0.2) is 10.8 Å². The van der Waals surface area contributed by atoms with Gasteiger partial charge in [0.1, 0.15) is 0 Å². The first kappa shape index (κ1) is 11.2. The third kappa shape index (κ3) is 2.78. The lowest BCUT2D eigenvalue weighted by Crippen LogP contribution is -2.32. The summed E-state index contributed by atoms with van der Waals surface area (Å²) in [7, 11) is 0. The van der Waals surface area contributed by atoms with Crippen molar-refractivity contribution in [3.05, 3.63) is 28.4 Å². The smallest absolute Gasteiger partial charge is 0.235 e. The van der Waals surface area contributed by atoms with E-state index in [0.717, 1.165) is 0 Å². The molecule has 0 spiro atoms. The molecular formula is C8H11N3O4. The highest BCUT2D eigenvalue weighted by atomic mass is 16.7. The van der Waals surface area contributed by atoms with E-state index in [1.807, 2.05) is 0 Å². The van der Waals surface area contributed by atoms with Crippen LogP contribution in [-0.2, 0) is 0 Å². The molecule has 0 aliphatic heterocycles. The Bertz CT molecular complexity index is 344. The number of anilines is 1. The van der Waals surface area contributed by atoms with Crippen LogP contribution in [0.2, 0.25) is 0 Å². The molecule has 0 atom stereocenters. The summed E-state index contributed by atoms with van der Waals surface area (Å²) in [6.45, 7) is -0.161. The lowest BCUT2D eigenvalue weighted by Gasteiger charge is -2.12. The molecule has 0 aliphatic carbocycles. The van der Waals surface area contributed by atoms with Gasteiger partial charge in [0.25, 0.3) is 0 Å². The number of rotatable bonds is 5. The Morgan fingerprint density at radius 3 is 2.87 bits per heavy atom. The van der Waals surface area contributed by atoms with Gasteiger partial charge in [0.2, 0.25) is 5.82 Å². The van der Waals surface area contributed by atoms with Gasteiger partial charge in [-0.25, -0.2) is 15.1 Å². The molecule has 1 aromatic rings. The fourth-order valence-electron chi connectivity index (χ4n) is 1.07. The maximum atomic E-state index is 10.7. The van der Waals surface area contributed by atoms with Crippen LogP contribution in [-0.4, -0.2) is 33.4 Å². The maximum Gasteiger partial charge on any atom is 0.235 e. The van der Waals surface area contributed by atoms with Crippen LogP contribution < -0.4 is 5.01 Å². The third-order valence-electron chi connectivity index (χ3n) is 1.74. The number of hydrogen-bond acceptors (Lipinski definition) is 5. The highest BCUT2D eigenvalue weighted by Gasteiger charge is 2.21. The average Bonchev–Trinajstić information content (AvgIpc) is 2.20. The lowest BCUT2D eigenvalue weighted by atomic mass is 10.4. The quantitative estimate of drug-likeness (QED) is 0.534. The third-order valence-corrected chi connectivity index (χ3v) is 1.74. The van der Waals surface area contributed by atoms with E-state index in [1.54, 1.807) is 0 Å². The second-order valence-corrected chi connectivity index (χ2v) is 2.78. The summed E-state index contributed by atoms with van der Waals surface area (Å²) in [6, 6.07) is 2.79. The Kier molecular flexibility index (Phi) is 3.81. The van der Waals surface area contributed by atoms with Crippen LogP contribution >= 0.6 is 0 Å². The first-order valence-electron chi connectivity index (χ1n) is 4.33. The molecule has 0 radical (unpaired) electrons. The molecule has 0 aromatic carbocycles. The minimum Gasteiger partial charge on any atom is -0.504 e. The Morgan fingerprint density at radius 2 is 2.33 bits per heavy atom. The van der Waals surface area contributed by atoms with E-state index in [1.165, 1.54) is 18.3 Å². The zero-order valence-electron chi connectivity index (χ0n) is 7.91. The van der Waals surface area contributed by atoms with Crippen molar-refractivity contribution in [2.45, 2.75) is 6.42 Å². The summed E-state index contributed by atoms with van der Waals surface area (Å²) in [5.41, 5.74) is 0. The van der Waals surface area contributed by atoms with E-state index in [0.29, 0.717) is 5.01 Å². The first-order valence-corrected chi connectivity index (χ1v) is 4.33. The van der Waals surface area contributed by atoms with Crippen molar-refractivity contribution in [3.8, 4) is 5.75 Å². The molecule has 82 valence electrons. The molecule has 7 nitrogen and oxygen atoms in total. The molecule has 0 fully saturated rings. The van der Waals surface area contributed by atoms with Crippen molar-refractivity contribution in [2.24, 2.45) is 0 Å². The monoisotopic (exact) mass is 213 g/mol. The van der Waals surface area contributed by atoms with Crippen LogP contribution in [0.25, 0.3) is 0 Å². The molecule has 0 amide bonds. The maximum absolute atomic E-state index is 10.7. The number of aliphatic hydroxyl groups is 1. The van der Waals surface area contributed by atoms with Crippen molar-refractivity contribution in [1.29, 1.82) is 0 Å². The van der Waals surface area contributed by atoms with Crippen LogP contribution in [0.3, 0.4) is 0 Å². The van der Waals surface area contributed by atoms with E-state index in [4.69, 9.17) is 5.11 Å². The van der Waals surface area contributed by atoms with Gasteiger partial charge >= 0.3 is 0 Å². The predicted molar refractivity (Wildman–Crippen MR) is 51.9 cm³/mol. The summed E-state index contributed by atoms with van der Waals surface area (Å²) in [6.07, 6.45) is 1.58. The number of hydrazine groups is 1. The standard InChI is InChI=1S/C8H11N3O4/c12-6-2-5-10(11(14)15)8-7(13)3-1-4-9-8/h1,3-4,12-13H,2,5-6H2. The van der Waals surface area contributed by atoms with Gasteiger partial charge in [-0.05, 0) is 18.6 Å². The van der Waals surface area contributed by atoms with Crippen molar-refractivity contribution >= 4 is 5.82 Å². The molecule has 1 aromatic heterocycles. The molecule has 1 rings (SSSR count). The topological polar surface area (TPSA) is 99.7 Å². The fourth-order valence-corrected chi connectivity index (χ4v) is 1.07. The highest BCUT2D eigenvalue weighted by Crippen LogP contribution is 2.23. The number of pyridine rings is 1. The summed E-state index contributed by atoms with van der Waals surface area (Å²) < 4.78 is 0. The minimum absolute atomic E-state index is 0.00588. The largest absolute Gasteiger partial charge is 0.504 e. The lowest BCUT2D eigenvalue weighted by molar-refractivity contribution is -0.495. The first-order chi connectivity index (χ1) is 7.16. The molecule has 2 N–H and O–H groups in total. The van der Waals surface area contributed by atoms with Crippen LogP contribution in [0.5, 0.6) is 5.75 Å². The molecule has 1 heterocycles. The van der Waals surface area contributed by atoms with Gasteiger partial charge in [0.05, 0.1) is 6.54 Å². The SMILES string of the molecule is O=[N+]([O-])N(CCCO)c1ncccc1O. The number of aromatic nitrogens is 1. The van der Waals surface area contributed by atoms with Crippen LogP contribution in [0.15, 0.2) is 18.3 Å². The minimum atomic E-state index is -0.669. The van der Waals surface area contributed by atoms with E-state index in [2.05, 4.69) is 4.98 Å². The van der Waals surface area contributed by atoms with Crippen molar-refractivity contribution in [2.75, 3.05) is 18.2 Å². The van der Waals surface area contributed by atoms with Crippen molar-refractivity contribution in [3.63, 3.8) is 0 Å². The number of hydrogen-bond donors (Lipinski definition) is 2. The van der Waals surface area contributed by atoms with Crippen LogP contribution in [0, 0.1) is 10.1 Å². The van der Waals surface area contributed by atoms with Gasteiger partial charge < -0.3 is 10.2 Å². The second kappa shape index (κ2) is 5.11. The zero-order valence-corrected chi connectivity index (χ0v) is 7.91. The summed E-state index contributed by atoms with van der Waals surface area (Å²) in [5, 5.41) is 28.6. The molecule has 7 heteroatoms. The molecule has 0 bridgehead atoms. The number of aromatic hydroxyl groups is 1. The molecule has 15 heavy (non-hydrogen) atoms. The normalized spacial score (nSPS) is 9.93. The molecule has 0 saturated carbocycles. The fraction of sp³-hybridized carbons (Fsp3) is 0.375. The zero-order chi connectivity index (χ0) is 11.3. The van der Waals surface area contributed by atoms with Gasteiger partial charge in [-0.1, -0.05) is 5.01 Å². The van der Waals surface area contributed by atoms with Crippen LogP contribution in [0.1, 0.15) is 6.42 Å². The Hall–Kier alpha value is -1.89. The van der Waals surface area contributed by atoms with E-state index < -0.39 is 5.03 Å². The summed E-state index contributed by atoms with van der Waals surface area (Å²) >= 11 is 0. The predicted octanol–water partition coefficient (Wildman–Crippen LogP) is 0.168. The second-order valence-electron chi connectivity index (χ2n) is 2.78. The molecule has 0 unspecified atom stereocenters. The van der Waals surface area contributed by atoms with Gasteiger partial charge in [-0.3, -0.25) is 0 Å². The Morgan fingerprint density at radius 1 is 1.60 bits per heavy atom. The average molecular weight is 213 g/mol. The number of nitrogens with zero attached hydrogens (tertiary/aromatic N) is 3. The summed E-state index contributed by atoms with van der Waals surface area (Å²) in [4.78, 5) is 14.4. The van der Waals surface area contributed by atoms with Crippen molar-refractivity contribution < 1.29 is 15.2 Å².